The number of benzene rings is 1. The first-order valence-corrected chi connectivity index (χ1v) is 6.72. The predicted octanol–water partition coefficient (Wildman–Crippen LogP) is 2.13. The summed E-state index contributed by atoms with van der Waals surface area (Å²) in [5, 5.41) is 2.99. The number of rotatable bonds is 3. The van der Waals surface area contributed by atoms with Crippen molar-refractivity contribution in [2.45, 2.75) is 0 Å². The van der Waals surface area contributed by atoms with Gasteiger partial charge in [0.05, 0.1) is 0 Å². The zero-order valence-electron chi connectivity index (χ0n) is 10.5. The van der Waals surface area contributed by atoms with Crippen LogP contribution in [0.3, 0.4) is 0 Å². The van der Waals surface area contributed by atoms with Gasteiger partial charge in [-0.2, -0.15) is 0 Å². The fourth-order valence-corrected chi connectivity index (χ4v) is 2.60. The molecule has 0 bridgehead atoms. The molecular weight excluding hydrogens is 255 g/mol. The summed E-state index contributed by atoms with van der Waals surface area (Å²) in [6.07, 6.45) is 0. The molecule has 3 aromatic rings. The molecule has 0 amide bonds. The quantitative estimate of drug-likeness (QED) is 0.681. The van der Waals surface area contributed by atoms with Crippen LogP contribution in [0, 0.1) is 0 Å². The Morgan fingerprint density at radius 2 is 2.05 bits per heavy atom. The van der Waals surface area contributed by atoms with E-state index in [1.807, 2.05) is 35.7 Å². The van der Waals surface area contributed by atoms with Crippen molar-refractivity contribution < 1.29 is 4.74 Å². The monoisotopic (exact) mass is 266 g/mol. The molecule has 2 heterocycles. The molecule has 5 heteroatoms. The molecule has 19 heavy (non-hydrogen) atoms. The summed E-state index contributed by atoms with van der Waals surface area (Å²) in [4.78, 5) is 9.99. The third-order valence-corrected chi connectivity index (χ3v) is 3.70. The molecule has 0 fully saturated rings. The Morgan fingerprint density at radius 3 is 2.79 bits per heavy atom. The van der Waals surface area contributed by atoms with Crippen molar-refractivity contribution >= 4 is 40.5 Å². The summed E-state index contributed by atoms with van der Waals surface area (Å²) in [7, 11) is 1.67. The molecule has 0 N–H and O–H groups in total. The van der Waals surface area contributed by atoms with Crippen LogP contribution >= 0.6 is 11.3 Å². The third kappa shape index (κ3) is 2.17. The Balaban J connectivity index is 2.21. The number of methoxy groups -OCH3 is 1. The van der Waals surface area contributed by atoms with Gasteiger partial charge in [0.15, 0.2) is 0 Å². The van der Waals surface area contributed by atoms with Crippen molar-refractivity contribution in [3.05, 3.63) is 35.7 Å². The molecule has 0 unspecified atom stereocenters. The SMILES string of the molecule is C=Bc1nc(-c2cc(OC)c3ccccc3n2)cs1. The van der Waals surface area contributed by atoms with E-state index in [1.54, 1.807) is 25.4 Å². The molecule has 92 valence electrons. The number of para-hydroxylation sites is 1. The van der Waals surface area contributed by atoms with Crippen molar-refractivity contribution in [1.29, 1.82) is 0 Å². The Bertz CT molecular complexity index is 754. The number of ether oxygens (including phenoxy) is 1. The van der Waals surface area contributed by atoms with Crippen LogP contribution in [0.2, 0.25) is 0 Å². The number of pyridine rings is 1. The molecule has 0 aliphatic carbocycles. The second-order valence-electron chi connectivity index (χ2n) is 4.00. The van der Waals surface area contributed by atoms with Crippen LogP contribution in [0.25, 0.3) is 22.3 Å². The summed E-state index contributed by atoms with van der Waals surface area (Å²) < 4.78 is 5.44. The average molecular weight is 266 g/mol. The Hall–Kier alpha value is -2.01. The first-order chi connectivity index (χ1) is 9.31. The number of hydrogen-bond acceptors (Lipinski definition) is 4. The number of thiazole rings is 1. The Kier molecular flexibility index (Phi) is 3.13. The molecule has 0 atom stereocenters. The molecule has 0 saturated carbocycles. The molecule has 0 aliphatic heterocycles. The number of nitrogens with zero attached hydrogens (tertiary/aromatic N) is 2. The first kappa shape index (κ1) is 12.1. The fourth-order valence-electron chi connectivity index (χ4n) is 1.94. The van der Waals surface area contributed by atoms with Crippen molar-refractivity contribution in [3.8, 4) is 17.1 Å². The van der Waals surface area contributed by atoms with E-state index in [0.717, 1.165) is 32.9 Å². The Labute approximate surface area is 115 Å². The van der Waals surface area contributed by atoms with Crippen LogP contribution in [0.1, 0.15) is 0 Å². The van der Waals surface area contributed by atoms with Crippen LogP contribution < -0.4 is 9.64 Å². The fraction of sp³-hybridized carbons (Fsp3) is 0.0714. The molecule has 0 aliphatic rings. The van der Waals surface area contributed by atoms with Gasteiger partial charge in [0.2, 0.25) is 0 Å². The topological polar surface area (TPSA) is 35.0 Å². The number of fused-ring (bicyclic) bond motifs is 1. The van der Waals surface area contributed by atoms with Crippen molar-refractivity contribution in [2.24, 2.45) is 0 Å². The molecule has 2 aromatic heterocycles. The summed E-state index contributed by atoms with van der Waals surface area (Å²) in [6, 6.07) is 9.84. The molecule has 0 saturated heterocycles. The number of aromatic nitrogens is 2. The van der Waals surface area contributed by atoms with Crippen molar-refractivity contribution in [3.63, 3.8) is 0 Å². The minimum atomic E-state index is 0.814. The maximum atomic E-state index is 5.44. The Morgan fingerprint density at radius 1 is 1.21 bits per heavy atom. The number of hydrogen-bond donors (Lipinski definition) is 0. The summed E-state index contributed by atoms with van der Waals surface area (Å²) in [5.74, 6) is 0.814. The van der Waals surface area contributed by atoms with Crippen LogP contribution in [-0.2, 0) is 0 Å². The average Bonchev–Trinajstić information content (AvgIpc) is 2.95. The van der Waals surface area contributed by atoms with Crippen LogP contribution in [-0.4, -0.2) is 30.5 Å². The van der Waals surface area contributed by atoms with Crippen LogP contribution in [0.4, 0.5) is 0 Å². The molecule has 0 radical (unpaired) electrons. The normalized spacial score (nSPS) is 10.4. The summed E-state index contributed by atoms with van der Waals surface area (Å²) in [6.45, 7) is 5.47. The van der Waals surface area contributed by atoms with Gasteiger partial charge in [-0.25, -0.2) is 0 Å². The van der Waals surface area contributed by atoms with Crippen LogP contribution in [0.5, 0.6) is 5.75 Å². The van der Waals surface area contributed by atoms with E-state index >= 15 is 0 Å². The van der Waals surface area contributed by atoms with Gasteiger partial charge in [0.1, 0.15) is 0 Å². The van der Waals surface area contributed by atoms with Gasteiger partial charge in [-0.15, -0.1) is 0 Å². The zero-order valence-corrected chi connectivity index (χ0v) is 11.3. The summed E-state index contributed by atoms with van der Waals surface area (Å²) >= 11 is 1.55. The minimum absolute atomic E-state index is 0.814. The van der Waals surface area contributed by atoms with Gasteiger partial charge >= 0.3 is 115 Å². The first-order valence-electron chi connectivity index (χ1n) is 5.84. The molecule has 3 nitrogen and oxygen atoms in total. The van der Waals surface area contributed by atoms with Gasteiger partial charge in [0, 0.05) is 0 Å². The van der Waals surface area contributed by atoms with E-state index in [0.29, 0.717) is 0 Å². The van der Waals surface area contributed by atoms with E-state index in [2.05, 4.69) is 16.4 Å². The maximum absolute atomic E-state index is 5.44. The standard InChI is InChI=1S/C14H11BN2OS/c1-15-14-17-12(8-19-14)11-7-13(18-2)9-5-3-4-6-10(9)16-11/h3-8H,1H2,2H3. The molecule has 3 rings (SSSR count). The van der Waals surface area contributed by atoms with Gasteiger partial charge in [0.25, 0.3) is 0 Å². The van der Waals surface area contributed by atoms with Crippen molar-refractivity contribution in [1.82, 2.24) is 9.97 Å². The van der Waals surface area contributed by atoms with Gasteiger partial charge in [-0.3, -0.25) is 0 Å². The van der Waals surface area contributed by atoms with E-state index in [1.165, 1.54) is 0 Å². The molecule has 1 aromatic carbocycles. The second-order valence-corrected chi connectivity index (χ2v) is 4.89. The predicted molar refractivity (Wildman–Crippen MR) is 81.9 cm³/mol. The molecule has 0 spiro atoms. The van der Waals surface area contributed by atoms with Gasteiger partial charge in [-0.05, 0) is 0 Å². The van der Waals surface area contributed by atoms with E-state index < -0.39 is 0 Å². The van der Waals surface area contributed by atoms with Crippen molar-refractivity contribution in [2.75, 3.05) is 7.11 Å². The second kappa shape index (κ2) is 4.94. The third-order valence-electron chi connectivity index (χ3n) is 2.86. The van der Waals surface area contributed by atoms with E-state index in [-0.39, 0.29) is 0 Å². The van der Waals surface area contributed by atoms with E-state index in [9.17, 15) is 0 Å². The van der Waals surface area contributed by atoms with Crippen LogP contribution in [0.15, 0.2) is 35.7 Å². The van der Waals surface area contributed by atoms with Gasteiger partial charge in [-0.1, -0.05) is 0 Å². The summed E-state index contributed by atoms with van der Waals surface area (Å²) in [5.41, 5.74) is 2.58. The molecular formula is C14H11BN2OS. The van der Waals surface area contributed by atoms with E-state index in [4.69, 9.17) is 4.74 Å². The van der Waals surface area contributed by atoms with Gasteiger partial charge < -0.3 is 0 Å². The zero-order chi connectivity index (χ0) is 13.2.